The average molecular weight is 382 g/mol. The van der Waals surface area contributed by atoms with Crippen molar-refractivity contribution in [3.05, 3.63) is 65.5 Å². The first-order chi connectivity index (χ1) is 12.7. The number of aromatic nitrogens is 2. The molecule has 1 saturated heterocycles. The van der Waals surface area contributed by atoms with Crippen molar-refractivity contribution >= 4 is 35.1 Å². The van der Waals surface area contributed by atoms with E-state index in [4.69, 9.17) is 17.3 Å². The fourth-order valence-electron chi connectivity index (χ4n) is 3.80. The predicted molar refractivity (Wildman–Crippen MR) is 113 cm³/mol. The van der Waals surface area contributed by atoms with Gasteiger partial charge in [0.25, 0.3) is 0 Å². The third-order valence-corrected chi connectivity index (χ3v) is 5.21. The minimum absolute atomic E-state index is 0. The molecule has 2 N–H and O–H groups in total. The van der Waals surface area contributed by atoms with Crippen LogP contribution in [0.15, 0.2) is 48.5 Å². The van der Waals surface area contributed by atoms with E-state index in [1.165, 1.54) is 5.56 Å². The van der Waals surface area contributed by atoms with Crippen molar-refractivity contribution in [2.75, 3.05) is 18.0 Å². The van der Waals surface area contributed by atoms with Crippen LogP contribution in [-0.4, -0.2) is 28.7 Å². The number of hydrogen-bond acceptors (Lipinski definition) is 3. The molecule has 1 aliphatic heterocycles. The Morgan fingerprint density at radius 2 is 1.93 bits per heavy atom. The Labute approximate surface area is 166 Å². The Bertz CT molecular complexity index is 957. The van der Waals surface area contributed by atoms with Crippen LogP contribution in [0.2, 0.25) is 0 Å². The smallest absolute Gasteiger partial charge is 0.207 e. The van der Waals surface area contributed by atoms with Crippen LogP contribution in [0.3, 0.4) is 0 Å². The van der Waals surface area contributed by atoms with Crippen molar-refractivity contribution in [2.45, 2.75) is 31.8 Å². The van der Waals surface area contributed by atoms with E-state index in [2.05, 4.69) is 39.4 Å². The van der Waals surface area contributed by atoms with Gasteiger partial charge in [-0.3, -0.25) is 0 Å². The van der Waals surface area contributed by atoms with Gasteiger partial charge in [-0.15, -0.1) is 12.4 Å². The number of para-hydroxylation sites is 2. The van der Waals surface area contributed by atoms with Gasteiger partial charge in [-0.25, -0.2) is 9.83 Å². The Morgan fingerprint density at radius 3 is 2.63 bits per heavy atom. The number of anilines is 1. The number of piperidine rings is 1. The summed E-state index contributed by atoms with van der Waals surface area (Å²) in [7, 11) is 0. The zero-order valence-electron chi connectivity index (χ0n) is 15.4. The summed E-state index contributed by atoms with van der Waals surface area (Å²) in [6, 6.07) is 16.4. The third kappa shape index (κ3) is 3.64. The number of imidazole rings is 1. The van der Waals surface area contributed by atoms with Crippen LogP contribution in [0.1, 0.15) is 31.4 Å². The molecule has 1 aromatic heterocycles. The van der Waals surface area contributed by atoms with E-state index in [0.29, 0.717) is 5.69 Å². The first kappa shape index (κ1) is 19.2. The number of hydrogen-bond donors (Lipinski definition) is 1. The molecule has 2 heterocycles. The first-order valence-electron chi connectivity index (χ1n) is 9.12. The van der Waals surface area contributed by atoms with E-state index in [1.54, 1.807) is 0 Å². The van der Waals surface area contributed by atoms with E-state index in [1.807, 2.05) is 30.3 Å². The van der Waals surface area contributed by atoms with Gasteiger partial charge in [0.15, 0.2) is 5.69 Å². The highest BCUT2D eigenvalue weighted by molar-refractivity contribution is 5.85. The van der Waals surface area contributed by atoms with Crippen molar-refractivity contribution in [1.29, 1.82) is 0 Å². The molecule has 0 saturated carbocycles. The molecule has 0 radical (unpaired) electrons. The highest BCUT2D eigenvalue weighted by Crippen LogP contribution is 2.32. The van der Waals surface area contributed by atoms with Gasteiger partial charge >= 0.3 is 0 Å². The lowest BCUT2D eigenvalue weighted by Gasteiger charge is -2.33. The van der Waals surface area contributed by atoms with Gasteiger partial charge in [-0.05, 0) is 37.5 Å². The molecule has 140 valence electrons. The van der Waals surface area contributed by atoms with Crippen molar-refractivity contribution in [2.24, 2.45) is 5.73 Å². The summed E-state index contributed by atoms with van der Waals surface area (Å²) in [6.07, 6.45) is 2.17. The van der Waals surface area contributed by atoms with Crippen LogP contribution in [-0.2, 0) is 0 Å². The normalized spacial score (nSPS) is 18.0. The van der Waals surface area contributed by atoms with Crippen LogP contribution in [0, 0.1) is 6.57 Å². The Balaban J connectivity index is 0.00000210. The summed E-state index contributed by atoms with van der Waals surface area (Å²) in [6.45, 7) is 11.2. The van der Waals surface area contributed by atoms with Gasteiger partial charge in [0.2, 0.25) is 5.95 Å². The summed E-state index contributed by atoms with van der Waals surface area (Å²) < 4.78 is 2.31. The molecule has 0 unspecified atom stereocenters. The van der Waals surface area contributed by atoms with Crippen LogP contribution in [0.4, 0.5) is 11.6 Å². The highest BCUT2D eigenvalue weighted by Gasteiger charge is 2.25. The monoisotopic (exact) mass is 381 g/mol. The molecule has 0 amide bonds. The Kier molecular flexibility index (Phi) is 5.69. The molecule has 0 bridgehead atoms. The maximum atomic E-state index is 7.15. The van der Waals surface area contributed by atoms with Crippen LogP contribution in [0.25, 0.3) is 15.9 Å². The van der Waals surface area contributed by atoms with E-state index in [-0.39, 0.29) is 24.5 Å². The number of nitrogens with zero attached hydrogens (tertiary/aromatic N) is 4. The molecule has 2 atom stereocenters. The predicted octanol–water partition coefficient (Wildman–Crippen LogP) is 4.55. The molecule has 3 aromatic rings. The van der Waals surface area contributed by atoms with Crippen molar-refractivity contribution in [3.8, 4) is 0 Å². The molecule has 5 nitrogen and oxygen atoms in total. The zero-order valence-corrected chi connectivity index (χ0v) is 16.2. The minimum Gasteiger partial charge on any atom is -0.341 e. The molecular weight excluding hydrogens is 358 g/mol. The second kappa shape index (κ2) is 7.99. The summed E-state index contributed by atoms with van der Waals surface area (Å²) in [5.41, 5.74) is 10.2. The van der Waals surface area contributed by atoms with Gasteiger partial charge in [0.1, 0.15) is 0 Å². The maximum Gasteiger partial charge on any atom is 0.207 e. The zero-order chi connectivity index (χ0) is 18.1. The second-order valence-corrected chi connectivity index (χ2v) is 7.00. The number of rotatable bonds is 3. The highest BCUT2D eigenvalue weighted by atomic mass is 35.5. The van der Waals surface area contributed by atoms with Crippen molar-refractivity contribution in [1.82, 2.24) is 9.55 Å². The van der Waals surface area contributed by atoms with E-state index >= 15 is 0 Å². The lowest BCUT2D eigenvalue weighted by Crippen LogP contribution is -2.44. The lowest BCUT2D eigenvalue weighted by atomic mass is 10.1. The van der Waals surface area contributed by atoms with Crippen molar-refractivity contribution < 1.29 is 0 Å². The summed E-state index contributed by atoms with van der Waals surface area (Å²) in [4.78, 5) is 10.7. The van der Waals surface area contributed by atoms with Gasteiger partial charge in [0, 0.05) is 19.1 Å². The summed E-state index contributed by atoms with van der Waals surface area (Å²) in [5.74, 6) is 0.989. The Hall–Kier alpha value is -2.55. The van der Waals surface area contributed by atoms with Gasteiger partial charge in [-0.2, -0.15) is 0 Å². The molecule has 2 aromatic carbocycles. The largest absolute Gasteiger partial charge is 0.341 e. The average Bonchev–Trinajstić information content (AvgIpc) is 3.07. The summed E-state index contributed by atoms with van der Waals surface area (Å²) >= 11 is 0. The third-order valence-electron chi connectivity index (χ3n) is 5.21. The number of benzene rings is 2. The molecule has 4 rings (SSSR count). The standard InChI is InChI=1S/C21H23N5.ClH/c1-15(16-9-11-18(23-2)12-10-16)26-20-8-4-3-7-19(20)24-21(26)25-13-5-6-17(22)14-25;/h3-4,7-12,15,17H,5-6,13-14,22H2,1H3;1H/t15-,17-;/m0./s1. The number of halogens is 1. The quantitative estimate of drug-likeness (QED) is 0.677. The van der Waals surface area contributed by atoms with Crippen LogP contribution < -0.4 is 10.6 Å². The number of nitrogens with two attached hydrogens (primary N) is 1. The molecule has 6 heteroatoms. The van der Waals surface area contributed by atoms with E-state index in [0.717, 1.165) is 42.9 Å². The fourth-order valence-corrected chi connectivity index (χ4v) is 3.80. The SMILES string of the molecule is Cl.[C-]#[N+]c1ccc([C@H](C)n2c(N3CCC[C@H](N)C3)nc3ccccc32)cc1. The van der Waals surface area contributed by atoms with E-state index in [9.17, 15) is 0 Å². The van der Waals surface area contributed by atoms with Gasteiger partial charge in [0.05, 0.1) is 23.6 Å². The molecule has 1 aliphatic rings. The van der Waals surface area contributed by atoms with Crippen LogP contribution >= 0.6 is 12.4 Å². The van der Waals surface area contributed by atoms with Gasteiger partial charge < -0.3 is 15.2 Å². The van der Waals surface area contributed by atoms with E-state index < -0.39 is 0 Å². The van der Waals surface area contributed by atoms with Crippen LogP contribution in [0.5, 0.6) is 0 Å². The lowest BCUT2D eigenvalue weighted by molar-refractivity contribution is 0.490. The van der Waals surface area contributed by atoms with Gasteiger partial charge in [-0.1, -0.05) is 36.4 Å². The summed E-state index contributed by atoms with van der Waals surface area (Å²) in [5, 5.41) is 0. The van der Waals surface area contributed by atoms with Crippen molar-refractivity contribution in [3.63, 3.8) is 0 Å². The fraction of sp³-hybridized carbons (Fsp3) is 0.333. The molecular formula is C21H24ClN5. The molecule has 27 heavy (non-hydrogen) atoms. The molecule has 0 spiro atoms. The Morgan fingerprint density at radius 1 is 1.19 bits per heavy atom. The molecule has 1 fully saturated rings. The minimum atomic E-state index is 0. The number of fused-ring (bicyclic) bond motifs is 1. The maximum absolute atomic E-state index is 7.15. The second-order valence-electron chi connectivity index (χ2n) is 7.00. The molecule has 0 aliphatic carbocycles. The topological polar surface area (TPSA) is 51.4 Å². The first-order valence-corrected chi connectivity index (χ1v) is 9.12.